The maximum atomic E-state index is 11.1. The smallest absolute Gasteiger partial charge is 0.258 e. The third-order valence-electron chi connectivity index (χ3n) is 2.83. The van der Waals surface area contributed by atoms with E-state index in [0.717, 1.165) is 5.69 Å². The minimum Gasteiger partial charge on any atom is -0.258 e. The van der Waals surface area contributed by atoms with E-state index in [0.29, 0.717) is 5.69 Å². The third-order valence-corrected chi connectivity index (χ3v) is 3.04. The summed E-state index contributed by atoms with van der Waals surface area (Å²) in [5, 5.41) is 19.1. The molecule has 3 rings (SSSR count). The normalized spacial score (nSPS) is 10.5. The summed E-state index contributed by atoms with van der Waals surface area (Å²) in [5.41, 5.74) is 1.09. The number of halogens is 1. The van der Waals surface area contributed by atoms with Crippen molar-refractivity contribution in [3.63, 3.8) is 0 Å². The lowest BCUT2D eigenvalue weighted by molar-refractivity contribution is -0.384. The van der Waals surface area contributed by atoms with Crippen molar-refractivity contribution in [3.05, 3.63) is 63.9 Å². The monoisotopic (exact) mass is 301 g/mol. The molecule has 7 nitrogen and oxygen atoms in total. The van der Waals surface area contributed by atoms with Crippen LogP contribution in [0.4, 0.5) is 5.69 Å². The highest BCUT2D eigenvalue weighted by Gasteiger charge is 2.21. The molecule has 0 unspecified atom stereocenters. The highest BCUT2D eigenvalue weighted by molar-refractivity contribution is 6.29. The van der Waals surface area contributed by atoms with E-state index in [1.54, 1.807) is 0 Å². The van der Waals surface area contributed by atoms with Gasteiger partial charge in [0.15, 0.2) is 5.69 Å². The molecule has 0 saturated heterocycles. The number of aromatic nitrogens is 4. The predicted octanol–water partition coefficient (Wildman–Crippen LogP) is 2.89. The van der Waals surface area contributed by atoms with Gasteiger partial charge in [0, 0.05) is 6.07 Å². The Hall–Kier alpha value is -2.80. The Kier molecular flexibility index (Phi) is 3.33. The van der Waals surface area contributed by atoms with Crippen LogP contribution in [0.1, 0.15) is 0 Å². The Morgan fingerprint density at radius 3 is 2.62 bits per heavy atom. The van der Waals surface area contributed by atoms with Crippen LogP contribution in [0.5, 0.6) is 0 Å². The van der Waals surface area contributed by atoms with E-state index in [9.17, 15) is 10.1 Å². The molecule has 2 heterocycles. The topological polar surface area (TPSA) is 86.7 Å². The van der Waals surface area contributed by atoms with Crippen LogP contribution in [0.2, 0.25) is 5.15 Å². The van der Waals surface area contributed by atoms with Crippen LogP contribution in [0.15, 0.2) is 48.7 Å². The van der Waals surface area contributed by atoms with Gasteiger partial charge in [-0.25, -0.2) is 9.67 Å². The van der Waals surface area contributed by atoms with Crippen molar-refractivity contribution < 1.29 is 4.92 Å². The molecule has 3 aromatic rings. The van der Waals surface area contributed by atoms with Gasteiger partial charge in [-0.05, 0) is 18.2 Å². The summed E-state index contributed by atoms with van der Waals surface area (Å²) in [5.74, 6) is 0. The maximum Gasteiger partial charge on any atom is 0.297 e. The second-order valence-electron chi connectivity index (χ2n) is 4.13. The molecule has 0 aliphatic heterocycles. The average Bonchev–Trinajstić information content (AvgIpc) is 2.97. The molecule has 0 aliphatic carbocycles. The lowest BCUT2D eigenvalue weighted by Gasteiger charge is -2.06. The Labute approximate surface area is 124 Å². The van der Waals surface area contributed by atoms with Gasteiger partial charge in [0.25, 0.3) is 5.69 Å². The van der Waals surface area contributed by atoms with Crippen molar-refractivity contribution in [1.82, 2.24) is 20.0 Å². The zero-order valence-corrected chi connectivity index (χ0v) is 11.3. The molecule has 8 heteroatoms. The predicted molar refractivity (Wildman–Crippen MR) is 76.3 cm³/mol. The lowest BCUT2D eigenvalue weighted by atomic mass is 10.2. The number of pyridine rings is 1. The van der Waals surface area contributed by atoms with Crippen LogP contribution in [0.3, 0.4) is 0 Å². The third kappa shape index (κ3) is 2.46. The van der Waals surface area contributed by atoms with Crippen molar-refractivity contribution in [2.24, 2.45) is 0 Å². The van der Waals surface area contributed by atoms with Gasteiger partial charge < -0.3 is 0 Å². The molecule has 0 amide bonds. The van der Waals surface area contributed by atoms with Gasteiger partial charge in [0.2, 0.25) is 0 Å². The van der Waals surface area contributed by atoms with Gasteiger partial charge in [-0.15, -0.1) is 5.10 Å². The number of rotatable bonds is 3. The molecule has 0 radical (unpaired) electrons. The first-order valence-electron chi connectivity index (χ1n) is 5.94. The van der Waals surface area contributed by atoms with Gasteiger partial charge in [0.1, 0.15) is 10.8 Å². The average molecular weight is 302 g/mol. The van der Waals surface area contributed by atoms with E-state index in [-0.39, 0.29) is 16.5 Å². The maximum absolute atomic E-state index is 11.1. The van der Waals surface area contributed by atoms with E-state index in [1.165, 1.54) is 23.0 Å². The Bertz CT molecular complexity index is 803. The highest BCUT2D eigenvalue weighted by Crippen LogP contribution is 2.29. The van der Waals surface area contributed by atoms with Crippen LogP contribution in [0, 0.1) is 10.1 Å². The first-order valence-corrected chi connectivity index (χ1v) is 6.32. The number of benzene rings is 1. The number of nitro groups is 1. The Morgan fingerprint density at radius 1 is 1.14 bits per heavy atom. The van der Waals surface area contributed by atoms with Crippen molar-refractivity contribution in [2.45, 2.75) is 0 Å². The van der Waals surface area contributed by atoms with Crippen molar-refractivity contribution in [2.75, 3.05) is 0 Å². The van der Waals surface area contributed by atoms with Gasteiger partial charge in [-0.3, -0.25) is 10.1 Å². The van der Waals surface area contributed by atoms with Crippen LogP contribution in [-0.2, 0) is 0 Å². The quantitative estimate of drug-likeness (QED) is 0.422. The molecular formula is C13H8ClN5O2. The van der Waals surface area contributed by atoms with Crippen LogP contribution >= 0.6 is 11.6 Å². The molecule has 0 aliphatic rings. The van der Waals surface area contributed by atoms with Gasteiger partial charge >= 0.3 is 0 Å². The Balaban J connectivity index is 2.21. The molecule has 0 N–H and O–H groups in total. The fourth-order valence-electron chi connectivity index (χ4n) is 1.92. The van der Waals surface area contributed by atoms with Gasteiger partial charge in [-0.2, -0.15) is 0 Å². The van der Waals surface area contributed by atoms with Gasteiger partial charge in [-0.1, -0.05) is 35.0 Å². The number of hydrogen-bond acceptors (Lipinski definition) is 5. The molecule has 0 fully saturated rings. The first-order chi connectivity index (χ1) is 10.2. The van der Waals surface area contributed by atoms with E-state index in [1.807, 2.05) is 30.3 Å². The van der Waals surface area contributed by atoms with Gasteiger partial charge in [0.05, 0.1) is 16.8 Å². The summed E-state index contributed by atoms with van der Waals surface area (Å²) in [6.07, 6.45) is 1.42. The summed E-state index contributed by atoms with van der Waals surface area (Å²) in [7, 11) is 0. The van der Waals surface area contributed by atoms with E-state index < -0.39 is 4.92 Å². The number of hydrogen-bond donors (Lipinski definition) is 0. The van der Waals surface area contributed by atoms with E-state index >= 15 is 0 Å². The fourth-order valence-corrected chi connectivity index (χ4v) is 2.07. The largest absolute Gasteiger partial charge is 0.297 e. The highest BCUT2D eigenvalue weighted by atomic mass is 35.5. The molecule has 1 aromatic carbocycles. The van der Waals surface area contributed by atoms with Crippen LogP contribution in [-0.4, -0.2) is 24.9 Å². The SMILES string of the molecule is O=[N+]([O-])c1ccc(Cl)nc1-c1cnnn1-c1ccccc1. The van der Waals surface area contributed by atoms with E-state index in [2.05, 4.69) is 15.3 Å². The lowest BCUT2D eigenvalue weighted by Crippen LogP contribution is -2.02. The second kappa shape index (κ2) is 5.29. The minimum atomic E-state index is -0.513. The summed E-state index contributed by atoms with van der Waals surface area (Å²) in [4.78, 5) is 14.7. The number of nitrogens with zero attached hydrogens (tertiary/aromatic N) is 5. The van der Waals surface area contributed by atoms with Crippen LogP contribution < -0.4 is 0 Å². The molecular weight excluding hydrogens is 294 g/mol. The zero-order valence-electron chi connectivity index (χ0n) is 10.5. The fraction of sp³-hybridized carbons (Fsp3) is 0. The van der Waals surface area contributed by atoms with Crippen molar-refractivity contribution >= 4 is 17.3 Å². The summed E-state index contributed by atoms with van der Waals surface area (Å²) in [6.45, 7) is 0. The molecule has 0 atom stereocenters. The molecule has 0 saturated carbocycles. The molecule has 2 aromatic heterocycles. The zero-order chi connectivity index (χ0) is 14.8. The molecule has 104 valence electrons. The second-order valence-corrected chi connectivity index (χ2v) is 4.51. The van der Waals surface area contributed by atoms with Crippen molar-refractivity contribution in [3.8, 4) is 17.1 Å². The molecule has 0 bridgehead atoms. The first kappa shape index (κ1) is 13.2. The summed E-state index contributed by atoms with van der Waals surface area (Å²) < 4.78 is 1.48. The summed E-state index contributed by atoms with van der Waals surface area (Å²) >= 11 is 5.85. The molecule has 21 heavy (non-hydrogen) atoms. The minimum absolute atomic E-state index is 0.126. The van der Waals surface area contributed by atoms with Crippen molar-refractivity contribution in [1.29, 1.82) is 0 Å². The van der Waals surface area contributed by atoms with Crippen LogP contribution in [0.25, 0.3) is 17.1 Å². The van der Waals surface area contributed by atoms with E-state index in [4.69, 9.17) is 11.6 Å². The molecule has 0 spiro atoms. The summed E-state index contributed by atoms with van der Waals surface area (Å²) in [6, 6.07) is 11.8. The standard InChI is InChI=1S/C13H8ClN5O2/c14-12-7-6-10(19(20)21)13(16-12)11-8-15-17-18(11)9-4-2-1-3-5-9/h1-8H. The number of para-hydroxylation sites is 1. The Morgan fingerprint density at radius 2 is 1.90 bits per heavy atom.